The van der Waals surface area contributed by atoms with Gasteiger partial charge in [-0.25, -0.2) is 0 Å². The molecule has 0 saturated heterocycles. The first-order valence-electron chi connectivity index (χ1n) is 13.3. The lowest BCUT2D eigenvalue weighted by Crippen LogP contribution is -1.94. The van der Waals surface area contributed by atoms with E-state index >= 15 is 0 Å². The molecule has 3 heteroatoms. The normalized spacial score (nSPS) is 12.1. The number of hydrogen-bond donors (Lipinski definition) is 0. The van der Waals surface area contributed by atoms with Gasteiger partial charge in [0.1, 0.15) is 11.2 Å². The average molecular weight is 499 g/mol. The first kappa shape index (κ1) is 20.7. The van der Waals surface area contributed by atoms with Crippen LogP contribution in [-0.4, -0.2) is 9.13 Å². The molecule has 0 unspecified atom stereocenters. The minimum Gasteiger partial charge on any atom is -0.456 e. The second kappa shape index (κ2) is 7.62. The van der Waals surface area contributed by atoms with E-state index in [4.69, 9.17) is 4.42 Å². The predicted molar refractivity (Wildman–Crippen MR) is 162 cm³/mol. The van der Waals surface area contributed by atoms with E-state index in [0.29, 0.717) is 0 Å². The van der Waals surface area contributed by atoms with Gasteiger partial charge in [0.25, 0.3) is 0 Å². The summed E-state index contributed by atoms with van der Waals surface area (Å²) in [7, 11) is 0. The van der Waals surface area contributed by atoms with Crippen LogP contribution in [0.3, 0.4) is 0 Å². The third-order valence-corrected chi connectivity index (χ3v) is 8.10. The lowest BCUT2D eigenvalue weighted by atomic mass is 10.1. The van der Waals surface area contributed by atoms with Gasteiger partial charge >= 0.3 is 0 Å². The van der Waals surface area contributed by atoms with Crippen molar-refractivity contribution < 1.29 is 4.42 Å². The monoisotopic (exact) mass is 498 g/mol. The second-order valence-electron chi connectivity index (χ2n) is 10.2. The van der Waals surface area contributed by atoms with Gasteiger partial charge in [-0.3, -0.25) is 0 Å². The van der Waals surface area contributed by atoms with E-state index in [-0.39, 0.29) is 0 Å². The van der Waals surface area contributed by atoms with Crippen molar-refractivity contribution in [2.24, 2.45) is 0 Å². The van der Waals surface area contributed by atoms with E-state index in [1.165, 1.54) is 49.3 Å². The highest BCUT2D eigenvalue weighted by Gasteiger charge is 2.18. The molecule has 39 heavy (non-hydrogen) atoms. The molecule has 6 aromatic carbocycles. The Balaban J connectivity index is 1.43. The molecule has 9 aromatic rings. The van der Waals surface area contributed by atoms with E-state index in [1.807, 2.05) is 12.1 Å². The molecule has 9 rings (SSSR count). The van der Waals surface area contributed by atoms with Crippen molar-refractivity contribution in [1.82, 2.24) is 9.13 Å². The van der Waals surface area contributed by atoms with Gasteiger partial charge in [0.2, 0.25) is 0 Å². The summed E-state index contributed by atoms with van der Waals surface area (Å²) >= 11 is 0. The molecular weight excluding hydrogens is 476 g/mol. The van der Waals surface area contributed by atoms with E-state index in [1.54, 1.807) is 0 Å². The van der Waals surface area contributed by atoms with Crippen molar-refractivity contribution in [2.45, 2.75) is 0 Å². The van der Waals surface area contributed by atoms with E-state index in [2.05, 4.69) is 130 Å². The Labute approximate surface area is 223 Å². The summed E-state index contributed by atoms with van der Waals surface area (Å²) in [6.45, 7) is 0. The summed E-state index contributed by atoms with van der Waals surface area (Å²) in [4.78, 5) is 0. The Hall–Kier alpha value is -5.28. The van der Waals surface area contributed by atoms with Crippen LogP contribution in [-0.2, 0) is 0 Å². The fourth-order valence-electron chi connectivity index (χ4n) is 6.42. The molecule has 3 nitrogen and oxygen atoms in total. The number of fused-ring (bicyclic) bond motifs is 9. The van der Waals surface area contributed by atoms with Crippen LogP contribution in [0, 0.1) is 0 Å². The lowest BCUT2D eigenvalue weighted by Gasteiger charge is -2.09. The van der Waals surface area contributed by atoms with Crippen molar-refractivity contribution in [2.75, 3.05) is 0 Å². The van der Waals surface area contributed by atoms with Crippen molar-refractivity contribution in [3.05, 3.63) is 133 Å². The highest BCUT2D eigenvalue weighted by atomic mass is 16.3. The summed E-state index contributed by atoms with van der Waals surface area (Å²) in [5, 5.41) is 7.28. The van der Waals surface area contributed by atoms with Gasteiger partial charge in [-0.1, -0.05) is 72.8 Å². The van der Waals surface area contributed by atoms with Crippen LogP contribution in [0.2, 0.25) is 0 Å². The highest BCUT2D eigenvalue weighted by molar-refractivity contribution is 6.19. The molecule has 0 spiro atoms. The van der Waals surface area contributed by atoms with Gasteiger partial charge in [0.15, 0.2) is 0 Å². The zero-order chi connectivity index (χ0) is 25.5. The molecule has 0 saturated carbocycles. The maximum atomic E-state index is 6.14. The molecule has 0 amide bonds. The Morgan fingerprint density at radius 3 is 1.56 bits per heavy atom. The third kappa shape index (κ3) is 2.82. The summed E-state index contributed by atoms with van der Waals surface area (Å²) in [5.41, 5.74) is 8.96. The van der Waals surface area contributed by atoms with Crippen LogP contribution < -0.4 is 0 Å². The fraction of sp³-hybridized carbons (Fsp3) is 0. The minimum absolute atomic E-state index is 0.911. The molecule has 3 heterocycles. The minimum atomic E-state index is 0.911. The largest absolute Gasteiger partial charge is 0.456 e. The molecule has 0 aliphatic heterocycles. The molecule has 0 fully saturated rings. The quantitative estimate of drug-likeness (QED) is 0.233. The van der Waals surface area contributed by atoms with Crippen LogP contribution in [0.15, 0.2) is 138 Å². The maximum Gasteiger partial charge on any atom is 0.135 e. The Morgan fingerprint density at radius 2 is 0.872 bits per heavy atom. The van der Waals surface area contributed by atoms with Gasteiger partial charge in [0, 0.05) is 43.7 Å². The SMILES string of the molecule is c1ccc(-n2c3ccccc3c3cc4c(cc32)c2ccccc2n4-c2ccc3oc4ccccc4c3c2)cc1. The second-order valence-corrected chi connectivity index (χ2v) is 10.2. The molecule has 0 atom stereocenters. The van der Waals surface area contributed by atoms with E-state index in [0.717, 1.165) is 27.6 Å². The fourth-order valence-corrected chi connectivity index (χ4v) is 6.42. The molecule has 0 aliphatic rings. The van der Waals surface area contributed by atoms with Crippen LogP contribution in [0.5, 0.6) is 0 Å². The van der Waals surface area contributed by atoms with Crippen LogP contribution in [0.25, 0.3) is 76.9 Å². The number of aromatic nitrogens is 2. The Morgan fingerprint density at radius 1 is 0.333 bits per heavy atom. The van der Waals surface area contributed by atoms with Gasteiger partial charge in [-0.15, -0.1) is 0 Å². The van der Waals surface area contributed by atoms with Crippen molar-refractivity contribution in [3.8, 4) is 11.4 Å². The zero-order valence-electron chi connectivity index (χ0n) is 21.0. The van der Waals surface area contributed by atoms with Crippen LogP contribution in [0.1, 0.15) is 0 Å². The number of furan rings is 1. The van der Waals surface area contributed by atoms with Gasteiger partial charge in [-0.05, 0) is 60.7 Å². The van der Waals surface area contributed by atoms with Crippen LogP contribution in [0.4, 0.5) is 0 Å². The van der Waals surface area contributed by atoms with Gasteiger partial charge in [0.05, 0.1) is 22.1 Å². The topological polar surface area (TPSA) is 23.0 Å². The summed E-state index contributed by atoms with van der Waals surface area (Å²) in [5.74, 6) is 0. The number of hydrogen-bond acceptors (Lipinski definition) is 1. The number of nitrogens with zero attached hydrogens (tertiary/aromatic N) is 2. The van der Waals surface area contributed by atoms with Gasteiger partial charge in [-0.2, -0.15) is 0 Å². The Bertz CT molecular complexity index is 2390. The lowest BCUT2D eigenvalue weighted by molar-refractivity contribution is 0.669. The number of benzene rings is 6. The predicted octanol–water partition coefficient (Wildman–Crippen LogP) is 9.78. The Kier molecular flexibility index (Phi) is 4.05. The number of para-hydroxylation sites is 4. The molecule has 3 aromatic heterocycles. The van der Waals surface area contributed by atoms with E-state index in [9.17, 15) is 0 Å². The van der Waals surface area contributed by atoms with Crippen molar-refractivity contribution >= 4 is 65.6 Å². The maximum absolute atomic E-state index is 6.14. The average Bonchev–Trinajstić information content (AvgIpc) is 3.63. The van der Waals surface area contributed by atoms with Crippen molar-refractivity contribution in [3.63, 3.8) is 0 Å². The van der Waals surface area contributed by atoms with Crippen LogP contribution >= 0.6 is 0 Å². The van der Waals surface area contributed by atoms with E-state index < -0.39 is 0 Å². The molecule has 0 bridgehead atoms. The standard InChI is InChI=1S/C36H22N2O/c1-2-10-23(11-3-1)37-31-15-7-4-12-25(31)28-22-34-29(21-33(28)37)26-13-5-8-16-32(26)38(34)24-18-19-36-30(20-24)27-14-6-9-17-35(27)39-36/h1-22H. The summed E-state index contributed by atoms with van der Waals surface area (Å²) in [6.07, 6.45) is 0. The summed E-state index contributed by atoms with van der Waals surface area (Å²) < 4.78 is 10.9. The molecule has 182 valence electrons. The van der Waals surface area contributed by atoms with Gasteiger partial charge < -0.3 is 13.6 Å². The number of rotatable bonds is 2. The molecule has 0 radical (unpaired) electrons. The first-order valence-corrected chi connectivity index (χ1v) is 13.3. The smallest absolute Gasteiger partial charge is 0.135 e. The summed E-state index contributed by atoms with van der Waals surface area (Å²) in [6, 6.07) is 47.7. The zero-order valence-corrected chi connectivity index (χ0v) is 21.0. The molecule has 0 aliphatic carbocycles. The highest BCUT2D eigenvalue weighted by Crippen LogP contribution is 2.40. The van der Waals surface area contributed by atoms with Crippen molar-refractivity contribution in [1.29, 1.82) is 0 Å². The molecule has 0 N–H and O–H groups in total. The first-order chi connectivity index (χ1) is 19.3. The molecular formula is C36H22N2O. The third-order valence-electron chi connectivity index (χ3n) is 8.10.